The summed E-state index contributed by atoms with van der Waals surface area (Å²) in [6, 6.07) is 12.4. The Bertz CT molecular complexity index is 5550. The number of amides is 19. The molecule has 0 aliphatic heterocycles. The largest absolute Gasteiger partial charge is 0.481 e. The Morgan fingerprint density at radius 3 is 1.11 bits per heavy atom. The van der Waals surface area contributed by atoms with Gasteiger partial charge in [-0.2, -0.15) is 11.8 Å². The van der Waals surface area contributed by atoms with Crippen molar-refractivity contribution in [2.24, 2.45) is 29.4 Å². The molecule has 0 saturated carbocycles. The summed E-state index contributed by atoms with van der Waals surface area (Å²) >= 11 is 1.30. The molecule has 0 bridgehead atoms. The van der Waals surface area contributed by atoms with E-state index in [1.807, 2.05) is 19.2 Å². The molecule has 0 saturated heterocycles. The van der Waals surface area contributed by atoms with Crippen molar-refractivity contribution in [3.63, 3.8) is 0 Å². The van der Waals surface area contributed by atoms with Crippen molar-refractivity contribution in [3.8, 4) is 0 Å². The average molecular weight is 2050 g/mol. The minimum atomic E-state index is -1.76. The highest BCUT2D eigenvalue weighted by molar-refractivity contribution is 7.98. The van der Waals surface area contributed by atoms with E-state index < -0.39 is 285 Å². The Labute approximate surface area is 847 Å². The van der Waals surface area contributed by atoms with Crippen LogP contribution in [0.2, 0.25) is 0 Å². The van der Waals surface area contributed by atoms with Crippen molar-refractivity contribution in [1.82, 2.24) is 111 Å². The molecule has 0 unspecified atom stereocenters. The normalized spacial score (nSPS) is 14.4. The number of thioether (sulfide) groups is 1. The summed E-state index contributed by atoms with van der Waals surface area (Å²) in [6.45, 7) is 10.9. The minimum absolute atomic E-state index is 0.00518. The van der Waals surface area contributed by atoms with Gasteiger partial charge < -0.3 is 132 Å². The van der Waals surface area contributed by atoms with Crippen molar-refractivity contribution < 1.29 is 121 Å². The van der Waals surface area contributed by atoms with Crippen LogP contribution in [0, 0.1) is 23.7 Å². The van der Waals surface area contributed by atoms with E-state index in [4.69, 9.17) is 10.8 Å². The molecule has 26 N–H and O–H groups in total. The fourth-order valence-corrected chi connectivity index (χ4v) is 15.6. The molecule has 0 spiro atoms. The van der Waals surface area contributed by atoms with E-state index in [2.05, 4.69) is 106 Å². The summed E-state index contributed by atoms with van der Waals surface area (Å²) in [5, 5.41) is 77.1. The van der Waals surface area contributed by atoms with Crippen LogP contribution in [0.3, 0.4) is 0 Å². The molecule has 146 heavy (non-hydrogen) atoms. The minimum Gasteiger partial charge on any atom is -0.481 e. The van der Waals surface area contributed by atoms with Gasteiger partial charge in [-0.05, 0) is 103 Å². The highest BCUT2D eigenvalue weighted by Crippen LogP contribution is 2.23. The number of aliphatic carboxylic acids is 3. The lowest BCUT2D eigenvalue weighted by atomic mass is 9.96. The van der Waals surface area contributed by atoms with Crippen molar-refractivity contribution in [2.45, 2.75) is 225 Å². The number of H-pyrrole nitrogens is 2. The van der Waals surface area contributed by atoms with Gasteiger partial charge in [0.25, 0.3) is 0 Å². The van der Waals surface area contributed by atoms with Gasteiger partial charge in [0, 0.05) is 66.3 Å². The molecule has 19 amide bonds. The molecule has 4 aromatic carbocycles. The number of rotatable bonds is 63. The van der Waals surface area contributed by atoms with Gasteiger partial charge in [-0.3, -0.25) is 105 Å². The van der Waals surface area contributed by atoms with Crippen LogP contribution in [0.4, 0.5) is 0 Å². The van der Waals surface area contributed by atoms with E-state index in [9.17, 15) is 116 Å². The summed E-state index contributed by atoms with van der Waals surface area (Å²) in [5.41, 5.74) is 8.99. The average Bonchev–Trinajstić information content (AvgIpc) is 1.68. The third-order valence-corrected chi connectivity index (χ3v) is 24.5. The Morgan fingerprint density at radius 2 is 0.658 bits per heavy atom. The number of nitrogens with one attached hydrogen (secondary N) is 21. The molecule has 794 valence electrons. The molecule has 2 heterocycles. The van der Waals surface area contributed by atoms with Gasteiger partial charge in [0.2, 0.25) is 112 Å². The van der Waals surface area contributed by atoms with Crippen LogP contribution < -0.4 is 107 Å². The number of carboxylic acids is 3. The molecule has 16 atom stereocenters. The van der Waals surface area contributed by atoms with E-state index in [0.29, 0.717) is 50.5 Å². The van der Waals surface area contributed by atoms with E-state index in [0.717, 1.165) is 0 Å². The Morgan fingerprint density at radius 1 is 0.315 bits per heavy atom. The van der Waals surface area contributed by atoms with Gasteiger partial charge in [0.05, 0.1) is 45.7 Å². The number of fused-ring (bicyclic) bond motifs is 2. The fraction of sp³-hybridized carbons (Fsp3) is 0.490. The summed E-state index contributed by atoms with van der Waals surface area (Å²) in [4.78, 5) is 304. The summed E-state index contributed by atoms with van der Waals surface area (Å²) in [5.74, 6) is -23.2. The number of carboxylic acid groups (broad SMARTS) is 3. The van der Waals surface area contributed by atoms with Crippen molar-refractivity contribution >= 4 is 164 Å². The highest BCUT2D eigenvalue weighted by Gasteiger charge is 2.39. The summed E-state index contributed by atoms with van der Waals surface area (Å²) in [6.07, 6.45) is 3.00. The molecule has 48 heteroatoms. The van der Waals surface area contributed by atoms with Crippen LogP contribution in [-0.2, 0) is 131 Å². The topological polar surface area (TPSA) is 722 Å². The van der Waals surface area contributed by atoms with E-state index in [1.54, 1.807) is 169 Å². The Hall–Kier alpha value is -15.4. The van der Waals surface area contributed by atoms with Gasteiger partial charge in [-0.1, -0.05) is 172 Å². The van der Waals surface area contributed by atoms with Crippen LogP contribution >= 0.6 is 11.8 Å². The SMILES string of the molecule is CC[C@H](C)[C@H](NC(=O)[C@H](C)NC(=O)CNC(=O)[C@H](Cc1ccccc1)NC(=O)[C@H](CC(C)C)NC(=O)CN)C(=O)N[C@@H](C)C(=O)NCC(=O)N[C@@H](Cc1ccccc1)C(=O)N[C@H](C(=O)N[C@@H](CCC(=O)O)C(=O)NCC(=O)NCC(=O)N[C@@H](Cc1c[nH]c2ccccc12)C(=O)N[C@@H](Cc1c[nH]c2ccccc12)C(=O)NCC(=O)N[C@@H](CCSC)C(=O)N[C@H](C(=O)N[C@@H](CC(=O)O)C(=O)NCC(=O)O)[C@@H](C)CC)[C@@H](C)CC. The van der Waals surface area contributed by atoms with Crippen LogP contribution in [-0.4, -0.2) is 292 Å². The van der Waals surface area contributed by atoms with Gasteiger partial charge >= 0.3 is 17.9 Å². The monoisotopic (exact) mass is 2050 g/mol. The first-order chi connectivity index (χ1) is 69.3. The molecule has 6 rings (SSSR count). The Kier molecular flexibility index (Phi) is 49.8. The predicted molar refractivity (Wildman–Crippen MR) is 535 cm³/mol. The maximum atomic E-state index is 15.0. The highest BCUT2D eigenvalue weighted by atomic mass is 32.2. The smallest absolute Gasteiger partial charge is 0.322 e. The van der Waals surface area contributed by atoms with Gasteiger partial charge in [-0.15, -0.1) is 0 Å². The number of carbonyl (C=O) groups excluding carboxylic acids is 19. The molecular weight excluding hydrogens is 1920 g/mol. The summed E-state index contributed by atoms with van der Waals surface area (Å²) in [7, 11) is 0. The second-order valence-corrected chi connectivity index (χ2v) is 36.8. The molecule has 0 aliphatic carbocycles. The van der Waals surface area contributed by atoms with Crippen molar-refractivity contribution in [3.05, 3.63) is 144 Å². The maximum Gasteiger partial charge on any atom is 0.322 e. The van der Waals surface area contributed by atoms with Crippen molar-refractivity contribution in [1.29, 1.82) is 0 Å². The van der Waals surface area contributed by atoms with Gasteiger partial charge in [0.1, 0.15) is 85.1 Å². The standard InChI is InChI=1S/C98H136N22O25S/c1-12-53(6)83(118-87(134)57(10)108-76(123)48-105-89(136)69(38-58-25-17-15-18-26-58)115-93(140)68(37-52(4)5)111-74(121)43-99)96(143)109-56(9)86(133)103-49-79(126)112-70(39-59-27-19-16-20-28-59)95(142)120-84(54(7)13-2)97(144)114-66(33-34-80(127)128)88(135)104-46-75(122)102-47-77(124)113-72(41-61-45-101-65-32-24-22-30-63(61)65)94(141)116-71(40-60-44-100-64-31-23-21-29-62(60)64)90(137)106-50-78(125)110-67(35-36-146-11)92(139)119-85(55(8)14-3)98(145)117-73(42-81(129)130)91(138)107-51-82(131)132/h15-32,44-45,52-57,66-73,83-85,100-101H,12-14,33-43,46-51,99H2,1-11H3,(H,102,122)(H,103,133)(H,104,135)(H,105,136)(H,106,137)(H,107,138)(H,108,123)(H,109,143)(H,110,125)(H,111,121)(H,112,126)(H,113,124)(H,114,144)(H,115,140)(H,116,141)(H,117,145)(H,118,134)(H,119,139)(H,120,142)(H,127,128)(H,129,130)(H,131,132)/t53-,54-,55-,56-,57-,66-,67-,68-,69-,70-,71-,72-,73-,83-,84-,85-/m0/s1. The number of aromatic amines is 2. The number of hydrogen-bond acceptors (Lipinski definition) is 24. The zero-order chi connectivity index (χ0) is 108. The lowest BCUT2D eigenvalue weighted by molar-refractivity contribution is -0.142. The molecule has 6 aromatic rings. The zero-order valence-corrected chi connectivity index (χ0v) is 84.1. The quantitative estimate of drug-likeness (QED) is 0.0184. The number of carbonyl (C=O) groups is 22. The van der Waals surface area contributed by atoms with Crippen LogP contribution in [0.25, 0.3) is 21.8 Å². The van der Waals surface area contributed by atoms with Crippen molar-refractivity contribution in [2.75, 3.05) is 57.8 Å². The van der Waals surface area contributed by atoms with Gasteiger partial charge in [0.15, 0.2) is 0 Å². The molecule has 0 aliphatic rings. The first-order valence-corrected chi connectivity index (χ1v) is 49.3. The molecule has 0 fully saturated rings. The lowest BCUT2D eigenvalue weighted by Gasteiger charge is -2.28. The number of hydrogen-bond donors (Lipinski definition) is 25. The van der Waals surface area contributed by atoms with Crippen LogP contribution in [0.5, 0.6) is 0 Å². The Balaban J connectivity index is 1.08. The number of benzene rings is 4. The second kappa shape index (κ2) is 60.9. The number of para-hydroxylation sites is 2. The van der Waals surface area contributed by atoms with E-state index in [-0.39, 0.29) is 69.6 Å². The van der Waals surface area contributed by atoms with Gasteiger partial charge in [-0.25, -0.2) is 0 Å². The molecule has 2 aromatic heterocycles. The van der Waals surface area contributed by atoms with Crippen LogP contribution in [0.15, 0.2) is 122 Å². The fourth-order valence-electron chi connectivity index (χ4n) is 15.1. The number of nitrogens with two attached hydrogens (primary N) is 1. The third-order valence-electron chi connectivity index (χ3n) is 23.9. The van der Waals surface area contributed by atoms with E-state index in [1.165, 1.54) is 25.6 Å². The first kappa shape index (κ1) is 119. The maximum absolute atomic E-state index is 15.0. The molecule has 0 radical (unpaired) electrons. The molecule has 47 nitrogen and oxygen atoms in total. The van der Waals surface area contributed by atoms with Crippen LogP contribution in [0.1, 0.15) is 143 Å². The summed E-state index contributed by atoms with van der Waals surface area (Å²) < 4.78 is 0. The second-order valence-electron chi connectivity index (χ2n) is 35.8. The lowest BCUT2D eigenvalue weighted by Crippen LogP contribution is -2.60. The molecular formula is C98H136N22O25S. The predicted octanol–water partition coefficient (Wildman–Crippen LogP) is -2.72. The number of aromatic nitrogens is 2. The first-order valence-electron chi connectivity index (χ1n) is 47.9. The van der Waals surface area contributed by atoms with E-state index >= 15 is 0 Å². The zero-order valence-electron chi connectivity index (χ0n) is 83.3. The third kappa shape index (κ3) is 40.4.